The lowest BCUT2D eigenvalue weighted by molar-refractivity contribution is 0.0367. The average molecular weight is 319 g/mol. The molecule has 20 heavy (non-hydrogen) atoms. The summed E-state index contributed by atoms with van der Waals surface area (Å²) >= 11 is 0.778. The molecule has 2 rings (SSSR count). The van der Waals surface area contributed by atoms with Gasteiger partial charge in [0.25, 0.3) is 10.0 Å². The molecule has 1 saturated carbocycles. The number of aliphatic hydroxyl groups is 1. The summed E-state index contributed by atoms with van der Waals surface area (Å²) in [6.45, 7) is 1.93. The number of aliphatic hydroxyl groups excluding tert-OH is 1. The van der Waals surface area contributed by atoms with Gasteiger partial charge in [0.05, 0.1) is 6.10 Å². The maximum absolute atomic E-state index is 12.4. The van der Waals surface area contributed by atoms with E-state index in [2.05, 4.69) is 0 Å². The third-order valence-corrected chi connectivity index (χ3v) is 6.98. The third-order valence-electron chi connectivity index (χ3n) is 3.48. The molecule has 2 N–H and O–H groups in total. The van der Waals surface area contributed by atoms with Crippen LogP contribution in [0.5, 0.6) is 0 Å². The lowest BCUT2D eigenvalue weighted by Gasteiger charge is -2.33. The normalized spacial score (nSPS) is 22.8. The van der Waals surface area contributed by atoms with Crippen LogP contribution in [0.15, 0.2) is 10.3 Å². The van der Waals surface area contributed by atoms with Gasteiger partial charge in [-0.05, 0) is 37.3 Å². The van der Waals surface area contributed by atoms with Crippen LogP contribution in [0, 0.1) is 12.8 Å². The van der Waals surface area contributed by atoms with Gasteiger partial charge in [-0.25, -0.2) is 13.2 Å². The number of hydrogen-bond acceptors (Lipinski definition) is 5. The maximum atomic E-state index is 12.4. The van der Waals surface area contributed by atoms with E-state index in [0.717, 1.165) is 11.3 Å². The smallest absolute Gasteiger partial charge is 0.346 e. The quantitative estimate of drug-likeness (QED) is 0.849. The molecule has 8 heteroatoms. The van der Waals surface area contributed by atoms with Gasteiger partial charge in [-0.1, -0.05) is 0 Å². The Bertz CT molecular complexity index is 616. The number of sulfonamides is 1. The summed E-state index contributed by atoms with van der Waals surface area (Å²) in [7, 11) is -2.17. The van der Waals surface area contributed by atoms with E-state index in [4.69, 9.17) is 5.11 Å². The second kappa shape index (κ2) is 5.44. The molecular formula is C12H17NO5S2. The van der Waals surface area contributed by atoms with Gasteiger partial charge in [-0.2, -0.15) is 4.31 Å². The molecule has 0 aromatic carbocycles. The Morgan fingerprint density at radius 1 is 1.50 bits per heavy atom. The monoisotopic (exact) mass is 319 g/mol. The number of carboxylic acids is 1. The Morgan fingerprint density at radius 2 is 2.10 bits per heavy atom. The van der Waals surface area contributed by atoms with Gasteiger partial charge >= 0.3 is 5.97 Å². The van der Waals surface area contributed by atoms with Crippen LogP contribution >= 0.6 is 11.3 Å². The summed E-state index contributed by atoms with van der Waals surface area (Å²) in [5.74, 6) is -0.941. The number of carboxylic acid groups (broad SMARTS) is 1. The molecule has 0 saturated heterocycles. The highest BCUT2D eigenvalue weighted by molar-refractivity contribution is 7.91. The minimum atomic E-state index is -3.66. The van der Waals surface area contributed by atoms with Crippen LogP contribution in [0.25, 0.3) is 0 Å². The minimum absolute atomic E-state index is 0.0507. The number of hydrogen-bond donors (Lipinski definition) is 2. The van der Waals surface area contributed by atoms with Crippen LogP contribution in [0.1, 0.15) is 28.1 Å². The van der Waals surface area contributed by atoms with Gasteiger partial charge in [-0.15, -0.1) is 11.3 Å². The van der Waals surface area contributed by atoms with Crippen LogP contribution in [0.4, 0.5) is 0 Å². The first-order chi connectivity index (χ1) is 9.21. The highest BCUT2D eigenvalue weighted by atomic mass is 32.2. The second-order valence-electron chi connectivity index (χ2n) is 5.16. The second-order valence-corrected chi connectivity index (χ2v) is 8.48. The van der Waals surface area contributed by atoms with Gasteiger partial charge < -0.3 is 10.2 Å². The molecule has 0 bridgehead atoms. The molecule has 1 aromatic heterocycles. The summed E-state index contributed by atoms with van der Waals surface area (Å²) < 4.78 is 26.0. The highest BCUT2D eigenvalue weighted by Gasteiger charge is 2.32. The first-order valence-corrected chi connectivity index (χ1v) is 8.45. The number of aromatic carboxylic acids is 1. The Kier molecular flexibility index (Phi) is 4.19. The summed E-state index contributed by atoms with van der Waals surface area (Å²) in [5.41, 5.74) is 0.452. The first kappa shape index (κ1) is 15.4. The highest BCUT2D eigenvalue weighted by Crippen LogP contribution is 2.31. The molecule has 0 aliphatic heterocycles. The SMILES string of the molecule is Cc1cc(S(=O)(=O)N(C)CC2CC(O)C2)sc1C(=O)O. The molecule has 1 heterocycles. The summed E-state index contributed by atoms with van der Waals surface area (Å²) in [6, 6.07) is 1.40. The van der Waals surface area contributed by atoms with Crippen molar-refractivity contribution in [2.45, 2.75) is 30.1 Å². The van der Waals surface area contributed by atoms with Crippen molar-refractivity contribution in [1.29, 1.82) is 0 Å². The van der Waals surface area contributed by atoms with Gasteiger partial charge in [0.2, 0.25) is 0 Å². The fraction of sp³-hybridized carbons (Fsp3) is 0.583. The van der Waals surface area contributed by atoms with Crippen molar-refractivity contribution >= 4 is 27.3 Å². The topological polar surface area (TPSA) is 94.9 Å². The van der Waals surface area contributed by atoms with Gasteiger partial charge in [0.15, 0.2) is 0 Å². The van der Waals surface area contributed by atoms with Gasteiger partial charge in [-0.3, -0.25) is 0 Å². The van der Waals surface area contributed by atoms with Crippen molar-refractivity contribution < 1.29 is 23.4 Å². The van der Waals surface area contributed by atoms with Crippen LogP contribution in [-0.2, 0) is 10.0 Å². The molecule has 0 atom stereocenters. The molecule has 1 aliphatic rings. The number of aryl methyl sites for hydroxylation is 1. The zero-order chi connectivity index (χ0) is 15.1. The van der Waals surface area contributed by atoms with Gasteiger partial charge in [0, 0.05) is 13.6 Å². The molecule has 0 amide bonds. The van der Waals surface area contributed by atoms with Crippen LogP contribution < -0.4 is 0 Å². The lowest BCUT2D eigenvalue weighted by atomic mass is 9.82. The molecule has 6 nitrogen and oxygen atoms in total. The number of rotatable bonds is 5. The van der Waals surface area contributed by atoms with E-state index >= 15 is 0 Å². The van der Waals surface area contributed by atoms with Crippen molar-refractivity contribution in [3.05, 3.63) is 16.5 Å². The van der Waals surface area contributed by atoms with E-state index < -0.39 is 16.0 Å². The van der Waals surface area contributed by atoms with E-state index in [9.17, 15) is 18.3 Å². The van der Waals surface area contributed by atoms with E-state index in [0.29, 0.717) is 24.9 Å². The van der Waals surface area contributed by atoms with E-state index in [1.165, 1.54) is 17.4 Å². The fourth-order valence-corrected chi connectivity index (χ4v) is 5.09. The standard InChI is InChI=1S/C12H17NO5S2/c1-7-3-10(19-11(7)12(15)16)20(17,18)13(2)6-8-4-9(14)5-8/h3,8-9,14H,4-6H2,1-2H3,(H,15,16). The number of thiophene rings is 1. The van der Waals surface area contributed by atoms with E-state index in [1.54, 1.807) is 6.92 Å². The molecule has 0 radical (unpaired) electrons. The summed E-state index contributed by atoms with van der Waals surface area (Å²) in [4.78, 5) is 11.0. The maximum Gasteiger partial charge on any atom is 0.346 e. The Labute approximate surface area is 121 Å². The number of nitrogens with zero attached hydrogens (tertiary/aromatic N) is 1. The molecular weight excluding hydrogens is 302 g/mol. The Balaban J connectivity index is 2.17. The zero-order valence-corrected chi connectivity index (χ0v) is 12.9. The van der Waals surface area contributed by atoms with Crippen molar-refractivity contribution in [1.82, 2.24) is 4.31 Å². The lowest BCUT2D eigenvalue weighted by Crippen LogP contribution is -2.39. The molecule has 1 aromatic rings. The predicted molar refractivity (Wildman–Crippen MR) is 74.6 cm³/mol. The van der Waals surface area contributed by atoms with Crippen LogP contribution in [0.2, 0.25) is 0 Å². The number of carbonyl (C=O) groups is 1. The summed E-state index contributed by atoms with van der Waals surface area (Å²) in [6.07, 6.45) is 0.909. The summed E-state index contributed by atoms with van der Waals surface area (Å²) in [5, 5.41) is 18.2. The van der Waals surface area contributed by atoms with Crippen molar-refractivity contribution in [2.24, 2.45) is 5.92 Å². The van der Waals surface area contributed by atoms with E-state index in [1.807, 2.05) is 0 Å². The van der Waals surface area contributed by atoms with Crippen molar-refractivity contribution in [3.63, 3.8) is 0 Å². The largest absolute Gasteiger partial charge is 0.477 e. The van der Waals surface area contributed by atoms with Crippen LogP contribution in [-0.4, -0.2) is 48.6 Å². The average Bonchev–Trinajstić information content (AvgIpc) is 2.69. The molecule has 1 aliphatic carbocycles. The zero-order valence-electron chi connectivity index (χ0n) is 11.2. The Hall–Kier alpha value is -0.960. The first-order valence-electron chi connectivity index (χ1n) is 6.20. The van der Waals surface area contributed by atoms with Crippen molar-refractivity contribution in [2.75, 3.05) is 13.6 Å². The molecule has 0 spiro atoms. The van der Waals surface area contributed by atoms with Gasteiger partial charge in [0.1, 0.15) is 9.09 Å². The van der Waals surface area contributed by atoms with E-state index in [-0.39, 0.29) is 21.1 Å². The molecule has 1 fully saturated rings. The molecule has 0 unspecified atom stereocenters. The Morgan fingerprint density at radius 3 is 2.55 bits per heavy atom. The minimum Gasteiger partial charge on any atom is -0.477 e. The van der Waals surface area contributed by atoms with Crippen LogP contribution in [0.3, 0.4) is 0 Å². The third kappa shape index (κ3) is 2.88. The fourth-order valence-electron chi connectivity index (χ4n) is 2.26. The van der Waals surface area contributed by atoms with Crippen molar-refractivity contribution in [3.8, 4) is 0 Å². The predicted octanol–water partition coefficient (Wildman–Crippen LogP) is 1.15. The molecule has 112 valence electrons.